The van der Waals surface area contributed by atoms with Crippen molar-refractivity contribution < 1.29 is 19.2 Å². The Hall–Kier alpha value is -2.74. The summed E-state index contributed by atoms with van der Waals surface area (Å²) in [6, 6.07) is 6.40. The molecule has 156 valence electrons. The molecule has 5 amide bonds. The van der Waals surface area contributed by atoms with Crippen molar-refractivity contribution >= 4 is 23.8 Å². The Bertz CT molecular complexity index is 807. The third-order valence-corrected chi connectivity index (χ3v) is 5.76. The van der Waals surface area contributed by atoms with Gasteiger partial charge in [0.25, 0.3) is 5.91 Å². The van der Waals surface area contributed by atoms with Crippen LogP contribution in [0.2, 0.25) is 0 Å². The Balaban J connectivity index is 1.64. The molecule has 0 spiro atoms. The fourth-order valence-electron chi connectivity index (χ4n) is 4.13. The molecule has 2 fully saturated rings. The molecule has 0 aromatic heterocycles. The molecule has 29 heavy (non-hydrogen) atoms. The molecule has 1 aliphatic heterocycles. The lowest BCUT2D eigenvalue weighted by molar-refractivity contribution is -0.145. The van der Waals surface area contributed by atoms with Crippen LogP contribution < -0.4 is 5.32 Å². The van der Waals surface area contributed by atoms with Gasteiger partial charge in [0.05, 0.1) is 6.67 Å². The third-order valence-electron chi connectivity index (χ3n) is 5.76. The second kappa shape index (κ2) is 8.73. The van der Waals surface area contributed by atoms with Crippen LogP contribution in [0.3, 0.4) is 0 Å². The topological polar surface area (TPSA) is 90.0 Å². The highest BCUT2D eigenvalue weighted by Crippen LogP contribution is 2.31. The summed E-state index contributed by atoms with van der Waals surface area (Å²) in [5.74, 6) is -1.42. The zero-order chi connectivity index (χ0) is 21.1. The molecule has 1 aliphatic carbocycles. The Morgan fingerprint density at radius 2 is 1.76 bits per heavy atom. The lowest BCUT2D eigenvalue weighted by atomic mass is 9.85. The van der Waals surface area contributed by atoms with Gasteiger partial charge in [0.15, 0.2) is 0 Å². The Labute approximate surface area is 170 Å². The zero-order valence-electron chi connectivity index (χ0n) is 17.2. The summed E-state index contributed by atoms with van der Waals surface area (Å²) in [6.45, 7) is 2.55. The number of hydrogen-bond acceptors (Lipinski definition) is 5. The maximum Gasteiger partial charge on any atom is 0.335 e. The van der Waals surface area contributed by atoms with E-state index in [9.17, 15) is 19.2 Å². The van der Waals surface area contributed by atoms with Crippen LogP contribution >= 0.6 is 0 Å². The van der Waals surface area contributed by atoms with Crippen molar-refractivity contribution in [3.8, 4) is 0 Å². The molecule has 8 nitrogen and oxygen atoms in total. The maximum absolute atomic E-state index is 12.9. The zero-order valence-corrected chi connectivity index (χ0v) is 17.2. The lowest BCUT2D eigenvalue weighted by Gasteiger charge is -2.34. The SMILES string of the molecule is CNC(=O)c1ccc(CN(C)CN2C(=O)C(=O)N([C@@H]3CCCC[C@@H]3C)C2=O)cc1. The van der Waals surface area contributed by atoms with Crippen molar-refractivity contribution in [2.45, 2.75) is 45.2 Å². The Morgan fingerprint density at radius 3 is 2.38 bits per heavy atom. The van der Waals surface area contributed by atoms with Gasteiger partial charge < -0.3 is 5.32 Å². The van der Waals surface area contributed by atoms with Gasteiger partial charge in [-0.25, -0.2) is 9.69 Å². The maximum atomic E-state index is 12.9. The number of amides is 5. The van der Waals surface area contributed by atoms with Gasteiger partial charge in [-0.1, -0.05) is 31.9 Å². The minimum atomic E-state index is -0.755. The largest absolute Gasteiger partial charge is 0.355 e. The van der Waals surface area contributed by atoms with Gasteiger partial charge in [0.1, 0.15) is 0 Å². The van der Waals surface area contributed by atoms with E-state index < -0.39 is 17.8 Å². The molecule has 0 radical (unpaired) electrons. The van der Waals surface area contributed by atoms with E-state index in [-0.39, 0.29) is 24.5 Å². The van der Waals surface area contributed by atoms with E-state index in [1.807, 2.05) is 19.1 Å². The molecule has 0 unspecified atom stereocenters. The molecule has 1 saturated carbocycles. The summed E-state index contributed by atoms with van der Waals surface area (Å²) in [4.78, 5) is 53.4. The quantitative estimate of drug-likeness (QED) is 0.581. The fourth-order valence-corrected chi connectivity index (χ4v) is 4.13. The molecule has 3 rings (SSSR count). The van der Waals surface area contributed by atoms with Crippen LogP contribution in [0.15, 0.2) is 24.3 Å². The average molecular weight is 400 g/mol. The Morgan fingerprint density at radius 1 is 1.10 bits per heavy atom. The first-order valence-electron chi connectivity index (χ1n) is 10.0. The van der Waals surface area contributed by atoms with Gasteiger partial charge in [0.2, 0.25) is 0 Å². The van der Waals surface area contributed by atoms with Crippen molar-refractivity contribution in [1.82, 2.24) is 20.0 Å². The standard InChI is InChI=1S/C21H28N4O4/c1-14-6-4-5-7-17(14)25-20(28)19(27)24(21(25)29)13-23(3)12-15-8-10-16(11-9-15)18(26)22-2/h8-11,14,17H,4-7,12-13H2,1-3H3,(H,22,26)/t14-,17+/m0/s1. The van der Waals surface area contributed by atoms with Crippen LogP contribution in [0.25, 0.3) is 0 Å². The molecular weight excluding hydrogens is 372 g/mol. The summed E-state index contributed by atoms with van der Waals surface area (Å²) in [7, 11) is 3.36. The third kappa shape index (κ3) is 4.32. The summed E-state index contributed by atoms with van der Waals surface area (Å²) >= 11 is 0. The fraction of sp³-hybridized carbons (Fsp3) is 0.524. The number of rotatable bonds is 6. The first-order chi connectivity index (χ1) is 13.8. The predicted octanol–water partition coefficient (Wildman–Crippen LogP) is 1.80. The van der Waals surface area contributed by atoms with Gasteiger partial charge in [-0.05, 0) is 43.5 Å². The minimum absolute atomic E-state index is 0.0399. The summed E-state index contributed by atoms with van der Waals surface area (Å²) in [6.07, 6.45) is 3.77. The number of benzene rings is 1. The minimum Gasteiger partial charge on any atom is -0.355 e. The molecule has 1 aromatic carbocycles. The van der Waals surface area contributed by atoms with Gasteiger partial charge in [0, 0.05) is 25.2 Å². The molecule has 2 atom stereocenters. The molecular formula is C21H28N4O4. The molecule has 1 saturated heterocycles. The second-order valence-electron chi connectivity index (χ2n) is 7.95. The van der Waals surface area contributed by atoms with Crippen molar-refractivity contribution in [3.05, 3.63) is 35.4 Å². The first-order valence-corrected chi connectivity index (χ1v) is 10.0. The highest BCUT2D eigenvalue weighted by molar-refractivity contribution is 6.44. The van der Waals surface area contributed by atoms with Crippen LogP contribution in [0, 0.1) is 5.92 Å². The smallest absolute Gasteiger partial charge is 0.335 e. The number of urea groups is 1. The van der Waals surface area contributed by atoms with Crippen molar-refractivity contribution in [2.75, 3.05) is 20.8 Å². The number of hydrogen-bond donors (Lipinski definition) is 1. The van der Waals surface area contributed by atoms with Crippen LogP contribution in [-0.2, 0) is 16.1 Å². The molecule has 2 aliphatic rings. The Kier molecular flexibility index (Phi) is 6.32. The molecule has 1 heterocycles. The molecule has 1 aromatic rings. The molecule has 0 bridgehead atoms. The molecule has 8 heteroatoms. The van der Waals surface area contributed by atoms with E-state index in [1.54, 1.807) is 31.1 Å². The number of carbonyl (C=O) groups excluding carboxylic acids is 4. The number of imide groups is 2. The van der Waals surface area contributed by atoms with Gasteiger partial charge >= 0.3 is 17.8 Å². The van der Waals surface area contributed by atoms with Crippen LogP contribution in [0.4, 0.5) is 4.79 Å². The predicted molar refractivity (Wildman–Crippen MR) is 107 cm³/mol. The highest BCUT2D eigenvalue weighted by atomic mass is 16.2. The first kappa shape index (κ1) is 21.0. The summed E-state index contributed by atoms with van der Waals surface area (Å²) in [5, 5.41) is 2.57. The monoisotopic (exact) mass is 400 g/mol. The second-order valence-corrected chi connectivity index (χ2v) is 7.95. The van der Waals surface area contributed by atoms with Gasteiger partial charge in [-0.2, -0.15) is 0 Å². The number of nitrogens with one attached hydrogen (secondary N) is 1. The van der Waals surface area contributed by atoms with E-state index in [0.29, 0.717) is 12.1 Å². The average Bonchev–Trinajstić information content (AvgIpc) is 2.92. The summed E-state index contributed by atoms with van der Waals surface area (Å²) in [5.41, 5.74) is 1.50. The normalized spacial score (nSPS) is 22.6. The number of nitrogens with zero attached hydrogens (tertiary/aromatic N) is 3. The highest BCUT2D eigenvalue weighted by Gasteiger charge is 2.49. The van der Waals surface area contributed by atoms with Crippen molar-refractivity contribution in [3.63, 3.8) is 0 Å². The van der Waals surface area contributed by atoms with E-state index in [1.165, 1.54) is 4.90 Å². The van der Waals surface area contributed by atoms with E-state index in [4.69, 9.17) is 0 Å². The van der Waals surface area contributed by atoms with E-state index in [2.05, 4.69) is 5.32 Å². The molecule has 1 N–H and O–H groups in total. The van der Waals surface area contributed by atoms with Crippen molar-refractivity contribution in [1.29, 1.82) is 0 Å². The number of carbonyl (C=O) groups is 4. The van der Waals surface area contributed by atoms with E-state index in [0.717, 1.165) is 36.1 Å². The van der Waals surface area contributed by atoms with Gasteiger partial charge in [-0.3, -0.25) is 24.2 Å². The van der Waals surface area contributed by atoms with Crippen molar-refractivity contribution in [2.24, 2.45) is 5.92 Å². The van der Waals surface area contributed by atoms with Crippen LogP contribution in [0.5, 0.6) is 0 Å². The van der Waals surface area contributed by atoms with Crippen LogP contribution in [-0.4, -0.2) is 65.3 Å². The lowest BCUT2D eigenvalue weighted by Crippen LogP contribution is -2.46. The van der Waals surface area contributed by atoms with E-state index >= 15 is 0 Å². The summed E-state index contributed by atoms with van der Waals surface area (Å²) < 4.78 is 0. The van der Waals surface area contributed by atoms with Gasteiger partial charge in [-0.15, -0.1) is 0 Å². The van der Waals surface area contributed by atoms with Crippen LogP contribution in [0.1, 0.15) is 48.5 Å².